The fraction of sp³-hybridized carbons (Fsp3) is 0.981. The van der Waals surface area contributed by atoms with Crippen LogP contribution in [0.1, 0.15) is 247 Å². The van der Waals surface area contributed by atoms with Crippen LogP contribution in [0.3, 0.4) is 0 Å². The molecule has 6 saturated carbocycles. The maximum atomic E-state index is 13.4. The molecule has 0 aromatic heterocycles. The summed E-state index contributed by atoms with van der Waals surface area (Å²) < 4.78 is 0. The average molecular weight is 761 g/mol. The largest absolute Gasteiger partial charge is 0.299 e. The lowest BCUT2D eigenvalue weighted by molar-refractivity contribution is -0.124. The maximum Gasteiger partial charge on any atom is 0.135 e. The van der Waals surface area contributed by atoms with Gasteiger partial charge in [0.15, 0.2) is 0 Å². The van der Waals surface area contributed by atoms with Gasteiger partial charge < -0.3 is 0 Å². The van der Waals surface area contributed by atoms with Gasteiger partial charge in [-0.2, -0.15) is 0 Å². The molecule has 14 atom stereocenters. The van der Waals surface area contributed by atoms with Gasteiger partial charge in [0, 0.05) is 12.3 Å². The van der Waals surface area contributed by atoms with E-state index >= 15 is 0 Å². The van der Waals surface area contributed by atoms with Crippen molar-refractivity contribution in [3.05, 3.63) is 0 Å². The lowest BCUT2D eigenvalue weighted by Gasteiger charge is -2.23. The Kier molecular flexibility index (Phi) is 18.4. The highest BCUT2D eigenvalue weighted by Crippen LogP contribution is 2.59. The van der Waals surface area contributed by atoms with Crippen molar-refractivity contribution in [1.29, 1.82) is 0 Å². The molecule has 0 heterocycles. The minimum atomic E-state index is 0.284. The fourth-order valence-corrected chi connectivity index (χ4v) is 12.6. The Morgan fingerprint density at radius 3 is 1.15 bits per heavy atom. The summed E-state index contributed by atoms with van der Waals surface area (Å²) in [5, 5.41) is 0. The van der Waals surface area contributed by atoms with E-state index in [2.05, 4.69) is 34.6 Å². The molecule has 14 unspecified atom stereocenters. The molecule has 6 aliphatic rings. The van der Waals surface area contributed by atoms with Gasteiger partial charge in [0.25, 0.3) is 0 Å². The first-order valence-electron chi connectivity index (χ1n) is 26.4. The molecule has 0 bridgehead atoms. The van der Waals surface area contributed by atoms with Crippen molar-refractivity contribution in [1.82, 2.24) is 0 Å². The number of ketones is 1. The highest BCUT2D eigenvalue weighted by Gasteiger charge is 2.49. The highest BCUT2D eigenvalue weighted by atomic mass is 16.1. The molecule has 0 aliphatic heterocycles. The van der Waals surface area contributed by atoms with Gasteiger partial charge in [-0.3, -0.25) is 4.79 Å². The van der Waals surface area contributed by atoms with Crippen LogP contribution < -0.4 is 0 Å². The van der Waals surface area contributed by atoms with Gasteiger partial charge in [-0.05, 0) is 166 Å². The Balaban J connectivity index is 0.796. The second kappa shape index (κ2) is 22.9. The summed E-state index contributed by atoms with van der Waals surface area (Å²) in [4.78, 5) is 13.4. The van der Waals surface area contributed by atoms with Crippen LogP contribution >= 0.6 is 0 Å². The van der Waals surface area contributed by atoms with E-state index < -0.39 is 0 Å². The van der Waals surface area contributed by atoms with E-state index in [-0.39, 0.29) is 5.92 Å². The van der Waals surface area contributed by atoms with Crippen molar-refractivity contribution in [3.8, 4) is 0 Å². The third kappa shape index (κ3) is 16.0. The Hall–Kier alpha value is -0.330. The monoisotopic (exact) mass is 761 g/mol. The van der Waals surface area contributed by atoms with Gasteiger partial charge in [0.1, 0.15) is 5.78 Å². The fourth-order valence-electron chi connectivity index (χ4n) is 12.6. The number of hydrogen-bond donors (Lipinski definition) is 0. The molecule has 0 aromatic carbocycles. The molecule has 55 heavy (non-hydrogen) atoms. The summed E-state index contributed by atoms with van der Waals surface area (Å²) in [5.74, 6) is 15.6. The van der Waals surface area contributed by atoms with Gasteiger partial charge >= 0.3 is 0 Å². The minimum Gasteiger partial charge on any atom is -0.299 e. The van der Waals surface area contributed by atoms with Crippen LogP contribution in [-0.4, -0.2) is 5.78 Å². The molecule has 1 heteroatoms. The third-order valence-electron chi connectivity index (χ3n) is 17.8. The molecule has 1 nitrogen and oxygen atoms in total. The zero-order chi connectivity index (χ0) is 38.6. The molecule has 0 aromatic rings. The lowest BCUT2D eigenvalue weighted by atomic mass is 9.81. The molecular weight excluding hydrogens is 665 g/mol. The second-order valence-corrected chi connectivity index (χ2v) is 22.5. The quantitative estimate of drug-likeness (QED) is 0.0581. The first kappa shape index (κ1) is 44.2. The first-order valence-corrected chi connectivity index (χ1v) is 26.4. The van der Waals surface area contributed by atoms with Gasteiger partial charge in [-0.15, -0.1) is 0 Å². The van der Waals surface area contributed by atoms with E-state index in [1.54, 1.807) is 64.2 Å². The number of rotatable bonds is 36. The molecule has 6 rings (SSSR count). The van der Waals surface area contributed by atoms with Gasteiger partial charge in [-0.25, -0.2) is 0 Å². The molecular formula is C54H96O. The first-order chi connectivity index (χ1) is 26.9. The van der Waals surface area contributed by atoms with Crippen molar-refractivity contribution in [2.45, 2.75) is 247 Å². The van der Waals surface area contributed by atoms with E-state index in [1.807, 2.05) is 0 Å². The number of unbranched alkanes of at least 4 members (excludes halogenated alkanes) is 9. The summed E-state index contributed by atoms with van der Waals surface area (Å²) in [7, 11) is 0. The van der Waals surface area contributed by atoms with Gasteiger partial charge in [0.05, 0.1) is 0 Å². The van der Waals surface area contributed by atoms with Crippen molar-refractivity contribution >= 4 is 5.78 Å². The van der Waals surface area contributed by atoms with Crippen molar-refractivity contribution in [2.75, 3.05) is 0 Å². The average Bonchev–Trinajstić information content (AvgIpc) is 3.94. The van der Waals surface area contributed by atoms with Crippen molar-refractivity contribution < 1.29 is 4.79 Å². The van der Waals surface area contributed by atoms with Crippen LogP contribution in [0.5, 0.6) is 0 Å². The number of hydrogen-bond acceptors (Lipinski definition) is 1. The Morgan fingerprint density at radius 1 is 0.418 bits per heavy atom. The third-order valence-corrected chi connectivity index (χ3v) is 17.8. The van der Waals surface area contributed by atoms with Crippen LogP contribution in [0.15, 0.2) is 0 Å². The maximum absolute atomic E-state index is 13.4. The molecule has 6 aliphatic carbocycles. The Bertz CT molecular complexity index is 1010. The van der Waals surface area contributed by atoms with Gasteiger partial charge in [0.2, 0.25) is 0 Å². The van der Waals surface area contributed by atoms with Crippen LogP contribution in [0.4, 0.5) is 0 Å². The summed E-state index contributed by atoms with van der Waals surface area (Å²) in [6.45, 7) is 11.7. The zero-order valence-electron chi connectivity index (χ0n) is 37.9. The van der Waals surface area contributed by atoms with E-state index in [4.69, 9.17) is 0 Å². The Labute approximate surface area is 344 Å². The van der Waals surface area contributed by atoms with Crippen molar-refractivity contribution in [2.24, 2.45) is 88.8 Å². The summed E-state index contributed by atoms with van der Waals surface area (Å²) in [5.41, 5.74) is 0. The van der Waals surface area contributed by atoms with Crippen LogP contribution in [0.25, 0.3) is 0 Å². The predicted octanol–water partition coefficient (Wildman–Crippen LogP) is 16.9. The molecule has 0 N–H and O–H groups in total. The number of Topliss-reactive ketones (excluding diaryl/α,β-unsaturated/α-hetero) is 1. The Morgan fingerprint density at radius 2 is 0.764 bits per heavy atom. The second-order valence-electron chi connectivity index (χ2n) is 22.5. The SMILES string of the molecule is CCCCCC1CC1CC1CC1CC1CC1CCCCCC(CCCCCC1CC1CC1CC1CC1CC1CCCCC)C(C)C(=O)CCCCC(C)CC. The number of carbonyl (C=O) groups is 1. The molecule has 0 amide bonds. The van der Waals surface area contributed by atoms with E-state index in [0.29, 0.717) is 11.7 Å². The summed E-state index contributed by atoms with van der Waals surface area (Å²) >= 11 is 0. The lowest BCUT2D eigenvalue weighted by Crippen LogP contribution is -2.21. The molecule has 0 saturated heterocycles. The van der Waals surface area contributed by atoms with Gasteiger partial charge in [-0.1, -0.05) is 157 Å². The van der Waals surface area contributed by atoms with Crippen LogP contribution in [0, 0.1) is 88.8 Å². The van der Waals surface area contributed by atoms with Crippen LogP contribution in [-0.2, 0) is 4.79 Å². The smallest absolute Gasteiger partial charge is 0.135 e. The summed E-state index contributed by atoms with van der Waals surface area (Å²) in [6, 6.07) is 0. The summed E-state index contributed by atoms with van der Waals surface area (Å²) in [6.07, 6.45) is 47.4. The number of carbonyl (C=O) groups excluding carboxylic acids is 1. The van der Waals surface area contributed by atoms with E-state index in [1.165, 1.54) is 135 Å². The van der Waals surface area contributed by atoms with E-state index in [9.17, 15) is 4.79 Å². The van der Waals surface area contributed by atoms with Crippen molar-refractivity contribution in [3.63, 3.8) is 0 Å². The zero-order valence-corrected chi connectivity index (χ0v) is 37.9. The minimum absolute atomic E-state index is 0.284. The molecule has 0 spiro atoms. The topological polar surface area (TPSA) is 17.1 Å². The van der Waals surface area contributed by atoms with E-state index in [0.717, 1.165) is 89.8 Å². The molecule has 0 radical (unpaired) electrons. The predicted molar refractivity (Wildman–Crippen MR) is 238 cm³/mol. The molecule has 318 valence electrons. The normalized spacial score (nSPS) is 35.7. The standard InChI is InChI=1S/C54H96O/c1-6-9-13-24-42-29-46(42)33-50-37-52(50)35-48-31-44(48)26-17-11-15-22-41(40(5)54(55)28-20-19-21-39(4)8-3)23-16-12-18-27-45-32-49(45)36-53-38-51(53)34-47-30-43(47)25-14-10-7-2/h39-53H,6-38H2,1-5H3. The molecule has 6 fully saturated rings. The highest BCUT2D eigenvalue weighted by molar-refractivity contribution is 5.80. The van der Waals surface area contributed by atoms with Crippen LogP contribution in [0.2, 0.25) is 0 Å².